The van der Waals surface area contributed by atoms with Crippen molar-refractivity contribution in [1.82, 2.24) is 0 Å². The van der Waals surface area contributed by atoms with Gasteiger partial charge in [-0.1, -0.05) is 60.7 Å². The lowest BCUT2D eigenvalue weighted by molar-refractivity contribution is -0.134. The Hall–Kier alpha value is -1.87. The molecule has 0 N–H and O–H groups in total. The summed E-state index contributed by atoms with van der Waals surface area (Å²) < 4.78 is 4.87. The summed E-state index contributed by atoms with van der Waals surface area (Å²) in [6.45, 7) is 0. The fraction of sp³-hybridized carbons (Fsp3) is 0.188. The van der Waals surface area contributed by atoms with Crippen molar-refractivity contribution in [3.8, 4) is 0 Å². The molecule has 0 unspecified atom stereocenters. The average molecular weight is 270 g/mol. The summed E-state index contributed by atoms with van der Waals surface area (Å²) in [7, 11) is 0.474. The van der Waals surface area contributed by atoms with Crippen molar-refractivity contribution in [3.63, 3.8) is 0 Å². The first-order valence-corrected chi connectivity index (χ1v) is 7.29. The third kappa shape index (κ3) is 3.79. The molecule has 0 aromatic heterocycles. The first kappa shape index (κ1) is 13.6. The van der Waals surface area contributed by atoms with Crippen molar-refractivity contribution < 1.29 is 9.22 Å². The molecule has 2 aromatic rings. The van der Waals surface area contributed by atoms with Crippen molar-refractivity contribution in [2.75, 3.05) is 0 Å². The number of carbonyl (C=O) groups is 1. The maximum Gasteiger partial charge on any atom is 0.291 e. The third-order valence-corrected chi connectivity index (χ3v) is 3.72. The van der Waals surface area contributed by atoms with Crippen LogP contribution in [0.3, 0.4) is 0 Å². The zero-order valence-electron chi connectivity index (χ0n) is 11.1. The highest BCUT2D eigenvalue weighted by molar-refractivity contribution is 6.05. The molecular formula is C16H18O2Si. The Morgan fingerprint density at radius 3 is 1.84 bits per heavy atom. The van der Waals surface area contributed by atoms with Crippen LogP contribution in [0.15, 0.2) is 60.7 Å². The van der Waals surface area contributed by atoms with E-state index in [0.29, 0.717) is 16.9 Å². The molecule has 0 bridgehead atoms. The van der Waals surface area contributed by atoms with Gasteiger partial charge in [0.25, 0.3) is 5.97 Å². The summed E-state index contributed by atoms with van der Waals surface area (Å²) in [5, 5.41) is 0. The Bertz CT molecular complexity index is 471. The number of benzene rings is 2. The van der Waals surface area contributed by atoms with Crippen molar-refractivity contribution in [3.05, 3.63) is 71.8 Å². The molecular weight excluding hydrogens is 252 g/mol. The zero-order chi connectivity index (χ0) is 13.5. The van der Waals surface area contributed by atoms with Crippen LogP contribution < -0.4 is 0 Å². The lowest BCUT2D eigenvalue weighted by Crippen LogP contribution is -2.07. The van der Waals surface area contributed by atoms with E-state index >= 15 is 0 Å². The van der Waals surface area contributed by atoms with E-state index in [0.717, 1.165) is 6.42 Å². The molecule has 0 radical (unpaired) electrons. The van der Waals surface area contributed by atoms with Crippen LogP contribution in [0.2, 0.25) is 0 Å². The van der Waals surface area contributed by atoms with E-state index in [-0.39, 0.29) is 11.9 Å². The minimum absolute atomic E-state index is 0.0940. The van der Waals surface area contributed by atoms with Gasteiger partial charge in [-0.05, 0) is 17.5 Å². The first-order valence-electron chi connectivity index (χ1n) is 6.48. The zero-order valence-corrected chi connectivity index (χ0v) is 13.1. The minimum atomic E-state index is -0.0940. The first-order chi connectivity index (χ1) is 9.31. The standard InChI is InChI=1S/C16H18O2Si/c17-16(18-19)12-11-15(13-7-3-1-4-8-13)14-9-5-2-6-10-14/h1-10,15H,11-12H2,19H3. The fourth-order valence-electron chi connectivity index (χ4n) is 2.26. The number of carbonyl (C=O) groups excluding carboxylic acids is 1. The van der Waals surface area contributed by atoms with Crippen LogP contribution in [-0.2, 0) is 9.22 Å². The molecule has 0 aliphatic rings. The Morgan fingerprint density at radius 2 is 1.42 bits per heavy atom. The van der Waals surface area contributed by atoms with Crippen LogP contribution in [0.5, 0.6) is 0 Å². The number of hydrogen-bond acceptors (Lipinski definition) is 2. The molecule has 98 valence electrons. The van der Waals surface area contributed by atoms with E-state index in [1.807, 2.05) is 36.4 Å². The van der Waals surface area contributed by atoms with E-state index in [4.69, 9.17) is 4.43 Å². The molecule has 0 atom stereocenters. The lowest BCUT2D eigenvalue weighted by Gasteiger charge is -2.17. The second kappa shape index (κ2) is 6.90. The van der Waals surface area contributed by atoms with Gasteiger partial charge in [-0.2, -0.15) is 0 Å². The van der Waals surface area contributed by atoms with E-state index < -0.39 is 0 Å². The maximum atomic E-state index is 11.4. The van der Waals surface area contributed by atoms with Crippen LogP contribution in [0.1, 0.15) is 29.9 Å². The Labute approximate surface area is 117 Å². The molecule has 19 heavy (non-hydrogen) atoms. The molecule has 2 aromatic carbocycles. The molecule has 0 aliphatic carbocycles. The molecule has 0 amide bonds. The smallest absolute Gasteiger partial charge is 0.291 e. The summed E-state index contributed by atoms with van der Waals surface area (Å²) in [5.41, 5.74) is 2.49. The quantitative estimate of drug-likeness (QED) is 0.780. The predicted octanol–water partition coefficient (Wildman–Crippen LogP) is 2.42. The van der Waals surface area contributed by atoms with E-state index in [1.165, 1.54) is 11.1 Å². The molecule has 2 rings (SSSR count). The second-order valence-electron chi connectivity index (χ2n) is 4.49. The van der Waals surface area contributed by atoms with Crippen molar-refractivity contribution in [1.29, 1.82) is 0 Å². The van der Waals surface area contributed by atoms with E-state index in [9.17, 15) is 4.79 Å². The second-order valence-corrected chi connectivity index (χ2v) is 4.90. The van der Waals surface area contributed by atoms with Crippen LogP contribution in [0, 0.1) is 0 Å². The normalized spacial score (nSPS) is 10.6. The molecule has 0 saturated heterocycles. The highest BCUT2D eigenvalue weighted by Gasteiger charge is 2.15. The van der Waals surface area contributed by atoms with Gasteiger partial charge in [-0.15, -0.1) is 0 Å². The van der Waals surface area contributed by atoms with Crippen LogP contribution in [-0.4, -0.2) is 16.5 Å². The third-order valence-electron chi connectivity index (χ3n) is 3.27. The molecule has 0 heterocycles. The Kier molecular flexibility index (Phi) is 4.92. The predicted molar refractivity (Wildman–Crippen MR) is 80.0 cm³/mol. The molecule has 2 nitrogen and oxygen atoms in total. The minimum Gasteiger partial charge on any atom is -0.529 e. The van der Waals surface area contributed by atoms with Gasteiger partial charge >= 0.3 is 0 Å². The summed E-state index contributed by atoms with van der Waals surface area (Å²) in [6, 6.07) is 20.6. The summed E-state index contributed by atoms with van der Waals surface area (Å²) in [6.07, 6.45) is 1.26. The molecule has 0 fully saturated rings. The van der Waals surface area contributed by atoms with Gasteiger partial charge in [-0.3, -0.25) is 4.79 Å². The highest BCUT2D eigenvalue weighted by Crippen LogP contribution is 2.28. The Morgan fingerprint density at radius 1 is 0.947 bits per heavy atom. The number of rotatable bonds is 5. The topological polar surface area (TPSA) is 26.3 Å². The van der Waals surface area contributed by atoms with Gasteiger partial charge in [0.1, 0.15) is 0 Å². The maximum absolute atomic E-state index is 11.4. The van der Waals surface area contributed by atoms with Crippen LogP contribution >= 0.6 is 0 Å². The average Bonchev–Trinajstić information content (AvgIpc) is 2.49. The van der Waals surface area contributed by atoms with Crippen molar-refractivity contribution >= 4 is 16.5 Å². The number of hydrogen-bond donors (Lipinski definition) is 0. The van der Waals surface area contributed by atoms with Gasteiger partial charge in [0.05, 0.1) is 0 Å². The summed E-state index contributed by atoms with van der Waals surface area (Å²) in [4.78, 5) is 11.4. The van der Waals surface area contributed by atoms with Gasteiger partial charge in [0.15, 0.2) is 0 Å². The molecule has 0 spiro atoms. The largest absolute Gasteiger partial charge is 0.529 e. The van der Waals surface area contributed by atoms with Crippen LogP contribution in [0.25, 0.3) is 0 Å². The summed E-state index contributed by atoms with van der Waals surface area (Å²) in [5.74, 6) is 0.159. The molecule has 0 saturated carbocycles. The van der Waals surface area contributed by atoms with E-state index in [2.05, 4.69) is 24.3 Å². The Balaban J connectivity index is 2.21. The summed E-state index contributed by atoms with van der Waals surface area (Å²) >= 11 is 0. The lowest BCUT2D eigenvalue weighted by atomic mass is 9.87. The van der Waals surface area contributed by atoms with Crippen LogP contribution in [0.4, 0.5) is 0 Å². The van der Waals surface area contributed by atoms with Crippen molar-refractivity contribution in [2.45, 2.75) is 18.8 Å². The van der Waals surface area contributed by atoms with Gasteiger partial charge in [0.2, 0.25) is 10.5 Å². The van der Waals surface area contributed by atoms with Gasteiger partial charge in [0, 0.05) is 12.3 Å². The van der Waals surface area contributed by atoms with E-state index in [1.54, 1.807) is 0 Å². The highest BCUT2D eigenvalue weighted by atomic mass is 28.2. The monoisotopic (exact) mass is 270 g/mol. The molecule has 0 aliphatic heterocycles. The fourth-order valence-corrected chi connectivity index (χ4v) is 2.46. The van der Waals surface area contributed by atoms with Crippen molar-refractivity contribution in [2.24, 2.45) is 0 Å². The van der Waals surface area contributed by atoms with Gasteiger partial charge < -0.3 is 4.43 Å². The SMILES string of the molecule is O=C(CCC(c1ccccc1)c1ccccc1)O[SiH3]. The van der Waals surface area contributed by atoms with Gasteiger partial charge in [-0.25, -0.2) is 0 Å². The molecule has 3 heteroatoms.